The second-order valence-corrected chi connectivity index (χ2v) is 4.94. The third-order valence-corrected chi connectivity index (χ3v) is 3.69. The average molecular weight is 259 g/mol. The van der Waals surface area contributed by atoms with E-state index < -0.39 is 6.10 Å². The Morgan fingerprint density at radius 2 is 2.16 bits per heavy atom. The van der Waals surface area contributed by atoms with Crippen LogP contribution in [0.1, 0.15) is 11.3 Å². The lowest BCUT2D eigenvalue weighted by molar-refractivity contribution is 0.174. The van der Waals surface area contributed by atoms with Crippen molar-refractivity contribution in [1.29, 1.82) is 0 Å². The summed E-state index contributed by atoms with van der Waals surface area (Å²) in [6, 6.07) is 3.82. The van der Waals surface area contributed by atoms with Gasteiger partial charge in [0.2, 0.25) is 0 Å². The Balaban J connectivity index is 2.25. The van der Waals surface area contributed by atoms with E-state index >= 15 is 0 Å². The topological polar surface area (TPSA) is 73.3 Å². The monoisotopic (exact) mass is 259 g/mol. The van der Waals surface area contributed by atoms with E-state index in [9.17, 15) is 5.11 Å². The minimum Gasteiger partial charge on any atom is -0.495 e. The molecule has 0 spiro atoms. The molecule has 1 atom stereocenters. The summed E-state index contributed by atoms with van der Waals surface area (Å²) in [4.78, 5) is 0. The van der Waals surface area contributed by atoms with Gasteiger partial charge in [0.1, 0.15) is 5.75 Å². The fourth-order valence-electron chi connectivity index (χ4n) is 2.71. The molecule has 1 aliphatic rings. The van der Waals surface area contributed by atoms with Gasteiger partial charge in [0.25, 0.3) is 0 Å². The number of hydrogen-bond acceptors (Lipinski definition) is 4. The predicted molar refractivity (Wildman–Crippen MR) is 73.0 cm³/mol. The summed E-state index contributed by atoms with van der Waals surface area (Å²) >= 11 is 0. The quantitative estimate of drug-likeness (QED) is 0.753. The van der Waals surface area contributed by atoms with Crippen LogP contribution < -0.4 is 10.5 Å². The van der Waals surface area contributed by atoms with Crippen molar-refractivity contribution in [2.24, 2.45) is 7.05 Å². The summed E-state index contributed by atoms with van der Waals surface area (Å²) in [6.07, 6.45) is 2.62. The van der Waals surface area contributed by atoms with Crippen LogP contribution in [0.4, 0.5) is 5.69 Å². The molecule has 5 heteroatoms. The van der Waals surface area contributed by atoms with Crippen molar-refractivity contribution < 1.29 is 9.84 Å². The highest BCUT2D eigenvalue weighted by molar-refractivity contribution is 5.76. The van der Waals surface area contributed by atoms with E-state index in [4.69, 9.17) is 10.5 Å². The molecule has 1 aromatic heterocycles. The first-order chi connectivity index (χ1) is 9.10. The predicted octanol–water partition coefficient (Wildman–Crippen LogP) is 1.14. The van der Waals surface area contributed by atoms with Gasteiger partial charge in [-0.1, -0.05) is 0 Å². The number of anilines is 1. The second-order valence-electron chi connectivity index (χ2n) is 4.94. The molecule has 0 saturated heterocycles. The highest BCUT2D eigenvalue weighted by Gasteiger charge is 2.23. The van der Waals surface area contributed by atoms with Gasteiger partial charge in [-0.25, -0.2) is 0 Å². The SMILES string of the molecule is COc1cc2c(cc1N)-c1cnn(C)c1CC(O)C2. The average Bonchev–Trinajstić information content (AvgIpc) is 2.66. The number of nitrogens with zero attached hydrogens (tertiary/aromatic N) is 2. The van der Waals surface area contributed by atoms with Gasteiger partial charge in [-0.3, -0.25) is 4.68 Å². The minimum atomic E-state index is -0.413. The van der Waals surface area contributed by atoms with Crippen LogP contribution in [0.15, 0.2) is 18.3 Å². The number of benzene rings is 1. The Labute approximate surface area is 111 Å². The van der Waals surface area contributed by atoms with Gasteiger partial charge in [0, 0.05) is 24.7 Å². The smallest absolute Gasteiger partial charge is 0.142 e. The van der Waals surface area contributed by atoms with E-state index in [1.165, 1.54) is 0 Å². The molecule has 0 saturated carbocycles. The Bertz CT molecular complexity index is 634. The molecule has 0 aliphatic heterocycles. The normalized spacial score (nSPS) is 17.5. The summed E-state index contributed by atoms with van der Waals surface area (Å²) in [7, 11) is 3.49. The molecule has 100 valence electrons. The van der Waals surface area contributed by atoms with Crippen molar-refractivity contribution in [2.45, 2.75) is 18.9 Å². The molecule has 1 aromatic carbocycles. The summed E-state index contributed by atoms with van der Waals surface area (Å²) in [5.41, 5.74) is 10.8. The number of rotatable bonds is 1. The van der Waals surface area contributed by atoms with Gasteiger partial charge in [0.15, 0.2) is 0 Å². The van der Waals surface area contributed by atoms with Gasteiger partial charge in [-0.15, -0.1) is 0 Å². The first-order valence-corrected chi connectivity index (χ1v) is 6.26. The fraction of sp³-hybridized carbons (Fsp3) is 0.357. The van der Waals surface area contributed by atoms with E-state index in [0.29, 0.717) is 24.3 Å². The molecular formula is C14H17N3O2. The van der Waals surface area contributed by atoms with Gasteiger partial charge >= 0.3 is 0 Å². The summed E-state index contributed by atoms with van der Waals surface area (Å²) in [5, 5.41) is 14.4. The standard InChI is InChI=1S/C14H17N3O2/c1-17-13-5-9(18)3-8-4-14(19-2)12(15)6-10(8)11(13)7-16-17/h4,6-7,9,18H,3,5,15H2,1-2H3. The van der Waals surface area contributed by atoms with Crippen LogP contribution in [0.3, 0.4) is 0 Å². The summed E-state index contributed by atoms with van der Waals surface area (Å²) in [6.45, 7) is 0. The van der Waals surface area contributed by atoms with Crippen LogP contribution >= 0.6 is 0 Å². The largest absolute Gasteiger partial charge is 0.495 e. The maximum absolute atomic E-state index is 10.1. The number of aryl methyl sites for hydroxylation is 1. The van der Waals surface area contributed by atoms with E-state index in [-0.39, 0.29) is 0 Å². The lowest BCUT2D eigenvalue weighted by atomic mass is 9.99. The minimum absolute atomic E-state index is 0.413. The van der Waals surface area contributed by atoms with Crippen LogP contribution in [-0.4, -0.2) is 28.1 Å². The van der Waals surface area contributed by atoms with Gasteiger partial charge in [-0.05, 0) is 29.7 Å². The number of hydrogen-bond donors (Lipinski definition) is 2. The van der Waals surface area contributed by atoms with E-state index in [0.717, 1.165) is 22.4 Å². The molecule has 0 amide bonds. The van der Waals surface area contributed by atoms with Crippen molar-refractivity contribution in [2.75, 3.05) is 12.8 Å². The number of aliphatic hydroxyl groups excluding tert-OH is 1. The van der Waals surface area contributed by atoms with Crippen molar-refractivity contribution >= 4 is 5.69 Å². The number of nitrogens with two attached hydrogens (primary N) is 1. The molecule has 3 N–H and O–H groups in total. The van der Waals surface area contributed by atoms with Crippen LogP contribution in [0.2, 0.25) is 0 Å². The Morgan fingerprint density at radius 3 is 2.89 bits per heavy atom. The lowest BCUT2D eigenvalue weighted by Crippen LogP contribution is -2.14. The molecule has 0 fully saturated rings. The highest BCUT2D eigenvalue weighted by Crippen LogP contribution is 2.37. The van der Waals surface area contributed by atoms with Crippen molar-refractivity contribution in [1.82, 2.24) is 9.78 Å². The Kier molecular flexibility index (Phi) is 2.71. The second kappa shape index (κ2) is 4.28. The van der Waals surface area contributed by atoms with E-state index in [2.05, 4.69) is 5.10 Å². The zero-order valence-corrected chi connectivity index (χ0v) is 11.1. The van der Waals surface area contributed by atoms with Crippen LogP contribution in [0.5, 0.6) is 5.75 Å². The van der Waals surface area contributed by atoms with Gasteiger partial charge in [0.05, 0.1) is 25.1 Å². The number of methoxy groups -OCH3 is 1. The van der Waals surface area contributed by atoms with Crippen LogP contribution in [0, 0.1) is 0 Å². The zero-order valence-electron chi connectivity index (χ0n) is 11.1. The molecule has 5 nitrogen and oxygen atoms in total. The molecule has 3 rings (SSSR count). The lowest BCUT2D eigenvalue weighted by Gasteiger charge is -2.12. The highest BCUT2D eigenvalue weighted by atomic mass is 16.5. The Morgan fingerprint density at radius 1 is 1.37 bits per heavy atom. The molecule has 2 aromatic rings. The number of aliphatic hydroxyl groups is 1. The van der Waals surface area contributed by atoms with Crippen molar-refractivity contribution in [3.05, 3.63) is 29.6 Å². The zero-order chi connectivity index (χ0) is 13.6. The maximum atomic E-state index is 10.1. The fourth-order valence-corrected chi connectivity index (χ4v) is 2.71. The molecule has 1 unspecified atom stereocenters. The number of ether oxygens (including phenoxy) is 1. The van der Waals surface area contributed by atoms with E-state index in [1.807, 2.05) is 30.1 Å². The Hall–Kier alpha value is -2.01. The maximum Gasteiger partial charge on any atom is 0.142 e. The molecule has 1 aliphatic carbocycles. The molecular weight excluding hydrogens is 242 g/mol. The first-order valence-electron chi connectivity index (χ1n) is 6.26. The van der Waals surface area contributed by atoms with Gasteiger partial charge in [-0.2, -0.15) is 5.10 Å². The molecule has 19 heavy (non-hydrogen) atoms. The summed E-state index contributed by atoms with van der Waals surface area (Å²) < 4.78 is 7.07. The van der Waals surface area contributed by atoms with Crippen LogP contribution in [-0.2, 0) is 19.9 Å². The van der Waals surface area contributed by atoms with E-state index in [1.54, 1.807) is 7.11 Å². The third-order valence-electron chi connectivity index (χ3n) is 3.69. The number of nitrogen functional groups attached to an aromatic ring is 1. The third kappa shape index (κ3) is 1.86. The molecule has 0 bridgehead atoms. The molecule has 0 radical (unpaired) electrons. The summed E-state index contributed by atoms with van der Waals surface area (Å²) in [5.74, 6) is 0.651. The van der Waals surface area contributed by atoms with Gasteiger partial charge < -0.3 is 15.6 Å². The first kappa shape index (κ1) is 12.0. The number of fused-ring (bicyclic) bond motifs is 3. The number of aromatic nitrogens is 2. The molecule has 1 heterocycles. The van der Waals surface area contributed by atoms with Crippen molar-refractivity contribution in [3.8, 4) is 16.9 Å². The van der Waals surface area contributed by atoms with Crippen LogP contribution in [0.25, 0.3) is 11.1 Å². The van der Waals surface area contributed by atoms with Crippen molar-refractivity contribution in [3.63, 3.8) is 0 Å².